The van der Waals surface area contributed by atoms with Gasteiger partial charge in [-0.3, -0.25) is 14.2 Å². The van der Waals surface area contributed by atoms with Crippen molar-refractivity contribution in [1.29, 1.82) is 0 Å². The molecule has 25 heavy (non-hydrogen) atoms. The SMILES string of the molecule is Cc1nc2cnc(-c3ccc(CO)cc3)cn2c1NC(=O)CC(C)C. The lowest BCUT2D eigenvalue weighted by molar-refractivity contribution is -0.116. The number of nitrogens with one attached hydrogen (secondary N) is 1. The fourth-order valence-corrected chi connectivity index (χ4v) is 2.71. The fraction of sp³-hybridized carbons (Fsp3) is 0.316. The average Bonchev–Trinajstić information content (AvgIpc) is 2.89. The van der Waals surface area contributed by atoms with Gasteiger partial charge in [-0.1, -0.05) is 38.1 Å². The molecule has 2 aromatic heterocycles. The van der Waals surface area contributed by atoms with Gasteiger partial charge in [0.2, 0.25) is 5.91 Å². The van der Waals surface area contributed by atoms with Gasteiger partial charge in [-0.05, 0) is 18.4 Å². The van der Waals surface area contributed by atoms with Crippen molar-refractivity contribution in [2.45, 2.75) is 33.8 Å². The second kappa shape index (κ2) is 7.03. The van der Waals surface area contributed by atoms with E-state index >= 15 is 0 Å². The van der Waals surface area contributed by atoms with Gasteiger partial charge in [0, 0.05) is 18.2 Å². The molecule has 0 unspecified atom stereocenters. The van der Waals surface area contributed by atoms with Crippen molar-refractivity contribution in [2.75, 3.05) is 5.32 Å². The van der Waals surface area contributed by atoms with Crippen LogP contribution in [-0.4, -0.2) is 25.4 Å². The minimum atomic E-state index is -0.0226. The lowest BCUT2D eigenvalue weighted by Gasteiger charge is -2.09. The molecule has 0 aliphatic heterocycles. The van der Waals surface area contributed by atoms with Gasteiger partial charge < -0.3 is 10.4 Å². The Kier molecular flexibility index (Phi) is 4.81. The Bertz CT molecular complexity index is 898. The van der Waals surface area contributed by atoms with E-state index in [1.807, 2.05) is 55.6 Å². The zero-order valence-electron chi connectivity index (χ0n) is 14.7. The maximum atomic E-state index is 12.2. The van der Waals surface area contributed by atoms with E-state index in [0.29, 0.717) is 23.8 Å². The monoisotopic (exact) mass is 338 g/mol. The number of nitrogens with zero attached hydrogens (tertiary/aromatic N) is 3. The highest BCUT2D eigenvalue weighted by Gasteiger charge is 2.14. The number of amides is 1. The van der Waals surface area contributed by atoms with Crippen LogP contribution in [0.4, 0.5) is 5.82 Å². The molecule has 0 saturated carbocycles. The molecule has 0 bridgehead atoms. The lowest BCUT2D eigenvalue weighted by Crippen LogP contribution is -2.15. The van der Waals surface area contributed by atoms with Gasteiger partial charge >= 0.3 is 0 Å². The number of hydrogen-bond donors (Lipinski definition) is 2. The van der Waals surface area contributed by atoms with Crippen molar-refractivity contribution >= 4 is 17.4 Å². The fourth-order valence-electron chi connectivity index (χ4n) is 2.71. The van der Waals surface area contributed by atoms with Crippen molar-refractivity contribution in [3.05, 3.63) is 47.9 Å². The first-order chi connectivity index (χ1) is 12.0. The largest absolute Gasteiger partial charge is 0.392 e. The number of anilines is 1. The van der Waals surface area contributed by atoms with E-state index in [1.54, 1.807) is 6.20 Å². The normalized spacial score (nSPS) is 11.2. The number of aliphatic hydroxyl groups is 1. The van der Waals surface area contributed by atoms with Crippen LogP contribution in [0, 0.1) is 12.8 Å². The number of aromatic nitrogens is 3. The van der Waals surface area contributed by atoms with E-state index in [4.69, 9.17) is 5.11 Å². The molecule has 0 radical (unpaired) electrons. The zero-order chi connectivity index (χ0) is 18.0. The van der Waals surface area contributed by atoms with Crippen LogP contribution in [0.2, 0.25) is 0 Å². The summed E-state index contributed by atoms with van der Waals surface area (Å²) in [6, 6.07) is 7.57. The highest BCUT2D eigenvalue weighted by atomic mass is 16.3. The number of imidazole rings is 1. The smallest absolute Gasteiger partial charge is 0.225 e. The molecule has 2 heterocycles. The van der Waals surface area contributed by atoms with E-state index in [-0.39, 0.29) is 12.5 Å². The van der Waals surface area contributed by atoms with Crippen LogP contribution in [0.25, 0.3) is 16.9 Å². The van der Waals surface area contributed by atoms with Crippen LogP contribution in [0.15, 0.2) is 36.7 Å². The van der Waals surface area contributed by atoms with Crippen LogP contribution in [0.3, 0.4) is 0 Å². The molecule has 1 aromatic carbocycles. The molecule has 2 N–H and O–H groups in total. The summed E-state index contributed by atoms with van der Waals surface area (Å²) in [6.45, 7) is 5.91. The third kappa shape index (κ3) is 3.69. The molecule has 0 atom stereocenters. The average molecular weight is 338 g/mol. The molecule has 0 aliphatic carbocycles. The van der Waals surface area contributed by atoms with Crippen molar-refractivity contribution in [1.82, 2.24) is 14.4 Å². The van der Waals surface area contributed by atoms with E-state index in [2.05, 4.69) is 15.3 Å². The maximum absolute atomic E-state index is 12.2. The first-order valence-electron chi connectivity index (χ1n) is 8.32. The molecule has 0 aliphatic rings. The molecule has 3 rings (SSSR count). The van der Waals surface area contributed by atoms with Crippen LogP contribution in [0.5, 0.6) is 0 Å². The Balaban J connectivity index is 1.97. The predicted octanol–water partition coefficient (Wildman–Crippen LogP) is 3.18. The molecule has 3 aromatic rings. The zero-order valence-corrected chi connectivity index (χ0v) is 14.7. The molecular formula is C19H22N4O2. The topological polar surface area (TPSA) is 79.5 Å². The third-order valence-corrected chi connectivity index (χ3v) is 3.97. The minimum absolute atomic E-state index is 0.0134. The molecule has 0 saturated heterocycles. The van der Waals surface area contributed by atoms with Gasteiger partial charge in [-0.25, -0.2) is 4.98 Å². The van der Waals surface area contributed by atoms with Crippen LogP contribution in [-0.2, 0) is 11.4 Å². The molecule has 130 valence electrons. The van der Waals surface area contributed by atoms with Gasteiger partial charge in [-0.2, -0.15) is 0 Å². The minimum Gasteiger partial charge on any atom is -0.392 e. The molecule has 6 heteroatoms. The third-order valence-electron chi connectivity index (χ3n) is 3.97. The summed E-state index contributed by atoms with van der Waals surface area (Å²) in [5.74, 6) is 0.948. The van der Waals surface area contributed by atoms with Crippen molar-refractivity contribution in [2.24, 2.45) is 5.92 Å². The van der Waals surface area contributed by atoms with Crippen LogP contribution >= 0.6 is 0 Å². The number of rotatable bonds is 5. The van der Waals surface area contributed by atoms with Crippen LogP contribution < -0.4 is 5.32 Å². The lowest BCUT2D eigenvalue weighted by atomic mass is 10.1. The summed E-state index contributed by atoms with van der Waals surface area (Å²) in [5, 5.41) is 12.1. The molecule has 0 spiro atoms. The number of fused-ring (bicyclic) bond motifs is 1. The Morgan fingerprint density at radius 2 is 2.00 bits per heavy atom. The van der Waals surface area contributed by atoms with Crippen LogP contribution in [0.1, 0.15) is 31.5 Å². The number of hydrogen-bond acceptors (Lipinski definition) is 4. The van der Waals surface area contributed by atoms with Crippen molar-refractivity contribution < 1.29 is 9.90 Å². The highest BCUT2D eigenvalue weighted by molar-refractivity contribution is 5.91. The number of aryl methyl sites for hydroxylation is 1. The van der Waals surface area contributed by atoms with E-state index in [0.717, 1.165) is 22.5 Å². The number of aliphatic hydroxyl groups excluding tert-OH is 1. The summed E-state index contributed by atoms with van der Waals surface area (Å²) in [4.78, 5) is 21.1. The quantitative estimate of drug-likeness (QED) is 0.749. The van der Waals surface area contributed by atoms with Gasteiger partial charge in [-0.15, -0.1) is 0 Å². The standard InChI is InChI=1S/C19H22N4O2/c1-12(2)8-18(25)22-19-13(3)21-17-9-20-16(10-23(17)19)15-6-4-14(11-24)5-7-15/h4-7,9-10,12,24H,8,11H2,1-3H3,(H,22,25). The van der Waals surface area contributed by atoms with E-state index < -0.39 is 0 Å². The Hall–Kier alpha value is -2.73. The summed E-state index contributed by atoms with van der Waals surface area (Å²) < 4.78 is 1.86. The van der Waals surface area contributed by atoms with Crippen molar-refractivity contribution in [3.63, 3.8) is 0 Å². The number of benzene rings is 1. The Morgan fingerprint density at radius 3 is 2.64 bits per heavy atom. The summed E-state index contributed by atoms with van der Waals surface area (Å²) in [7, 11) is 0. The van der Waals surface area contributed by atoms with Gasteiger partial charge in [0.15, 0.2) is 5.65 Å². The summed E-state index contributed by atoms with van der Waals surface area (Å²) >= 11 is 0. The summed E-state index contributed by atoms with van der Waals surface area (Å²) in [6.07, 6.45) is 4.03. The maximum Gasteiger partial charge on any atom is 0.225 e. The number of carbonyl (C=O) groups excluding carboxylic acids is 1. The van der Waals surface area contributed by atoms with E-state index in [1.165, 1.54) is 0 Å². The van der Waals surface area contributed by atoms with Gasteiger partial charge in [0.25, 0.3) is 0 Å². The second-order valence-corrected chi connectivity index (χ2v) is 6.55. The highest BCUT2D eigenvalue weighted by Crippen LogP contribution is 2.23. The first-order valence-corrected chi connectivity index (χ1v) is 8.32. The van der Waals surface area contributed by atoms with E-state index in [9.17, 15) is 4.79 Å². The van der Waals surface area contributed by atoms with Crippen molar-refractivity contribution in [3.8, 4) is 11.3 Å². The van der Waals surface area contributed by atoms with Gasteiger partial charge in [0.1, 0.15) is 5.82 Å². The first kappa shape index (κ1) is 17.1. The molecule has 1 amide bonds. The Morgan fingerprint density at radius 1 is 1.28 bits per heavy atom. The van der Waals surface area contributed by atoms with Gasteiger partial charge in [0.05, 0.1) is 24.2 Å². The number of carbonyl (C=O) groups is 1. The summed E-state index contributed by atoms with van der Waals surface area (Å²) in [5.41, 5.74) is 4.00. The molecular weight excluding hydrogens is 316 g/mol. The predicted molar refractivity (Wildman–Crippen MR) is 97.2 cm³/mol. The Labute approximate surface area is 146 Å². The molecule has 0 fully saturated rings. The molecule has 6 nitrogen and oxygen atoms in total. The second-order valence-electron chi connectivity index (χ2n) is 6.55.